The van der Waals surface area contributed by atoms with Crippen molar-refractivity contribution in [2.24, 2.45) is 4.99 Å². The number of nitrogens with zero attached hydrogens (tertiary/aromatic N) is 1. The van der Waals surface area contributed by atoms with Crippen molar-refractivity contribution in [2.45, 2.75) is 19.4 Å². The maximum absolute atomic E-state index is 14.0. The minimum atomic E-state index is -0.559. The molecular formula is C18H19BrFN3O2. The van der Waals surface area contributed by atoms with Gasteiger partial charge in [-0.05, 0) is 36.8 Å². The van der Waals surface area contributed by atoms with E-state index in [0.29, 0.717) is 23.0 Å². The molecule has 2 rings (SSSR count). The Morgan fingerprint density at radius 1 is 1.32 bits per heavy atom. The van der Waals surface area contributed by atoms with Crippen LogP contribution in [0.2, 0.25) is 0 Å². The van der Waals surface area contributed by atoms with Crippen molar-refractivity contribution in [1.82, 2.24) is 5.32 Å². The van der Waals surface area contributed by atoms with E-state index < -0.39 is 11.7 Å². The van der Waals surface area contributed by atoms with Gasteiger partial charge in [-0.2, -0.15) is 4.99 Å². The molecule has 1 unspecified atom stereocenters. The highest BCUT2D eigenvalue weighted by atomic mass is 79.9. The van der Waals surface area contributed by atoms with Gasteiger partial charge in [-0.1, -0.05) is 41.1 Å². The van der Waals surface area contributed by atoms with E-state index in [2.05, 4.69) is 26.2 Å². The molecule has 0 aliphatic rings. The second kappa shape index (κ2) is 9.17. The molecule has 2 aromatic rings. The van der Waals surface area contributed by atoms with Gasteiger partial charge in [0.25, 0.3) is 11.9 Å². The van der Waals surface area contributed by atoms with E-state index in [-0.39, 0.29) is 17.8 Å². The van der Waals surface area contributed by atoms with Crippen molar-refractivity contribution in [3.05, 3.63) is 59.9 Å². The summed E-state index contributed by atoms with van der Waals surface area (Å²) in [6, 6.07) is 12.6. The zero-order chi connectivity index (χ0) is 18.2. The van der Waals surface area contributed by atoms with E-state index in [1.54, 1.807) is 24.3 Å². The Labute approximate surface area is 154 Å². The number of hydrogen-bond donors (Lipinski definition) is 2. The largest absolute Gasteiger partial charge is 0.461 e. The van der Waals surface area contributed by atoms with Gasteiger partial charge in [-0.25, -0.2) is 4.39 Å². The van der Waals surface area contributed by atoms with Crippen LogP contribution in [0.25, 0.3) is 0 Å². The van der Waals surface area contributed by atoms with Crippen LogP contribution in [-0.2, 0) is 4.74 Å². The Bertz CT molecular complexity index is 749. The van der Waals surface area contributed by atoms with Crippen molar-refractivity contribution >= 4 is 39.2 Å². The topological polar surface area (TPSA) is 76.7 Å². The number of rotatable bonds is 5. The first-order valence-corrected chi connectivity index (χ1v) is 8.88. The van der Waals surface area contributed by atoms with Gasteiger partial charge in [-0.3, -0.25) is 10.1 Å². The van der Waals surface area contributed by atoms with Crippen LogP contribution < -0.4 is 11.1 Å². The Balaban J connectivity index is 2.30. The number of amides is 1. The molecule has 7 heteroatoms. The molecule has 132 valence electrons. The highest BCUT2D eigenvalue weighted by Crippen LogP contribution is 2.21. The van der Waals surface area contributed by atoms with E-state index in [0.717, 1.165) is 0 Å². The summed E-state index contributed by atoms with van der Waals surface area (Å²) in [6.07, 6.45) is 0.462. The zero-order valence-electron chi connectivity index (χ0n) is 13.7. The molecule has 1 amide bonds. The molecule has 0 spiro atoms. The lowest BCUT2D eigenvalue weighted by Gasteiger charge is -2.17. The third-order valence-electron chi connectivity index (χ3n) is 3.35. The normalized spacial score (nSPS) is 12.5. The van der Waals surface area contributed by atoms with Crippen molar-refractivity contribution in [1.29, 1.82) is 0 Å². The van der Waals surface area contributed by atoms with Gasteiger partial charge in [0.1, 0.15) is 17.6 Å². The molecule has 2 aromatic carbocycles. The summed E-state index contributed by atoms with van der Waals surface area (Å²) >= 11 is 3.34. The van der Waals surface area contributed by atoms with Gasteiger partial charge in [0, 0.05) is 16.6 Å². The minimum Gasteiger partial charge on any atom is -0.461 e. The van der Waals surface area contributed by atoms with E-state index in [4.69, 9.17) is 10.5 Å². The van der Waals surface area contributed by atoms with E-state index in [1.165, 1.54) is 18.2 Å². The number of aliphatic imine (C=N–C) groups is 1. The van der Waals surface area contributed by atoms with E-state index >= 15 is 0 Å². The number of hydrogen-bond acceptors (Lipinski definition) is 4. The molecule has 0 saturated carbocycles. The number of carbonyl (C=O) groups is 1. The number of carbonyl (C=O) groups excluding carboxylic acids is 1. The predicted molar refractivity (Wildman–Crippen MR) is 101 cm³/mol. The molecule has 1 atom stereocenters. The summed E-state index contributed by atoms with van der Waals surface area (Å²) < 4.78 is 19.7. The standard InChI is InChI=1S/C18H19BrFN3O2/c1-2-14(11-19)25-18(22-16-10-13(21)8-9-15(16)20)23-17(24)12-6-4-3-5-7-12/h3-10,14H,2,11,21H2,1H3,(H,22,23,24). The molecule has 0 aromatic heterocycles. The van der Waals surface area contributed by atoms with Crippen molar-refractivity contribution < 1.29 is 13.9 Å². The highest BCUT2D eigenvalue weighted by molar-refractivity contribution is 9.09. The Kier molecular flexibility index (Phi) is 6.94. The monoisotopic (exact) mass is 407 g/mol. The fraction of sp³-hybridized carbons (Fsp3) is 0.222. The van der Waals surface area contributed by atoms with Crippen LogP contribution in [0.15, 0.2) is 53.5 Å². The van der Waals surface area contributed by atoms with Crippen LogP contribution in [-0.4, -0.2) is 23.4 Å². The highest BCUT2D eigenvalue weighted by Gasteiger charge is 2.15. The number of halogens is 2. The van der Waals surface area contributed by atoms with Crippen LogP contribution in [0, 0.1) is 5.82 Å². The Morgan fingerprint density at radius 3 is 2.68 bits per heavy atom. The number of ether oxygens (including phenoxy) is 1. The van der Waals surface area contributed by atoms with Crippen LogP contribution in [0.3, 0.4) is 0 Å². The van der Waals surface area contributed by atoms with Crippen LogP contribution in [0.5, 0.6) is 0 Å². The van der Waals surface area contributed by atoms with Crippen molar-refractivity contribution in [3.8, 4) is 0 Å². The van der Waals surface area contributed by atoms with E-state index in [9.17, 15) is 9.18 Å². The maximum Gasteiger partial charge on any atom is 0.297 e. The molecule has 0 radical (unpaired) electrons. The van der Waals surface area contributed by atoms with Gasteiger partial charge in [0.05, 0.1) is 0 Å². The second-order valence-corrected chi connectivity index (χ2v) is 5.90. The molecule has 5 nitrogen and oxygen atoms in total. The first kappa shape index (κ1) is 18.9. The Hall–Kier alpha value is -2.41. The molecule has 0 saturated heterocycles. The van der Waals surface area contributed by atoms with Crippen molar-refractivity contribution in [2.75, 3.05) is 11.1 Å². The summed E-state index contributed by atoms with van der Waals surface area (Å²) in [5, 5.41) is 3.13. The van der Waals surface area contributed by atoms with Gasteiger partial charge in [0.15, 0.2) is 0 Å². The summed E-state index contributed by atoms with van der Waals surface area (Å²) in [4.78, 5) is 16.5. The number of amidine groups is 1. The first-order chi connectivity index (χ1) is 12.0. The lowest BCUT2D eigenvalue weighted by molar-refractivity contribution is 0.0958. The summed E-state index contributed by atoms with van der Waals surface area (Å²) in [5.74, 6) is -0.954. The average Bonchev–Trinajstić information content (AvgIpc) is 2.63. The molecular weight excluding hydrogens is 389 g/mol. The summed E-state index contributed by atoms with van der Waals surface area (Å²) in [5.41, 5.74) is 6.48. The molecule has 25 heavy (non-hydrogen) atoms. The minimum absolute atomic E-state index is 0.00668. The zero-order valence-corrected chi connectivity index (χ0v) is 15.3. The number of alkyl halides is 1. The maximum atomic E-state index is 14.0. The molecule has 0 aliphatic heterocycles. The third-order valence-corrected chi connectivity index (χ3v) is 4.08. The van der Waals surface area contributed by atoms with Crippen molar-refractivity contribution in [3.63, 3.8) is 0 Å². The molecule has 3 N–H and O–H groups in total. The fourth-order valence-electron chi connectivity index (χ4n) is 1.95. The summed E-state index contributed by atoms with van der Waals surface area (Å²) in [6.45, 7) is 1.93. The quantitative estimate of drug-likeness (QED) is 0.340. The van der Waals surface area contributed by atoms with Gasteiger partial charge >= 0.3 is 0 Å². The van der Waals surface area contributed by atoms with E-state index in [1.807, 2.05) is 13.0 Å². The van der Waals surface area contributed by atoms with Gasteiger partial charge in [0.2, 0.25) is 0 Å². The summed E-state index contributed by atoms with van der Waals surface area (Å²) in [7, 11) is 0. The molecule has 0 aliphatic carbocycles. The third kappa shape index (κ3) is 5.56. The lowest BCUT2D eigenvalue weighted by Crippen LogP contribution is -2.35. The SMILES string of the molecule is CCC(CBr)O/C(=N\c1cc(N)ccc1F)NC(=O)c1ccccc1. The number of nitrogen functional groups attached to an aromatic ring is 1. The number of benzene rings is 2. The number of nitrogens with one attached hydrogen (secondary N) is 1. The lowest BCUT2D eigenvalue weighted by atomic mass is 10.2. The molecule has 0 bridgehead atoms. The van der Waals surface area contributed by atoms with Gasteiger partial charge < -0.3 is 10.5 Å². The first-order valence-electron chi connectivity index (χ1n) is 7.76. The molecule has 0 fully saturated rings. The van der Waals surface area contributed by atoms with Crippen LogP contribution in [0.1, 0.15) is 23.7 Å². The average molecular weight is 408 g/mol. The van der Waals surface area contributed by atoms with Gasteiger partial charge in [-0.15, -0.1) is 0 Å². The second-order valence-electron chi connectivity index (χ2n) is 5.25. The molecule has 0 heterocycles. The van der Waals surface area contributed by atoms with Crippen LogP contribution >= 0.6 is 15.9 Å². The number of anilines is 1. The number of nitrogens with two attached hydrogens (primary N) is 1. The smallest absolute Gasteiger partial charge is 0.297 e. The predicted octanol–water partition coefficient (Wildman–Crippen LogP) is 4.02. The van der Waals surface area contributed by atoms with Crippen LogP contribution in [0.4, 0.5) is 15.8 Å². The fourth-order valence-corrected chi connectivity index (χ4v) is 2.54. The Morgan fingerprint density at radius 2 is 2.04 bits per heavy atom.